The van der Waals surface area contributed by atoms with Crippen LogP contribution in [-0.4, -0.2) is 57.0 Å². The molecule has 2 aromatic carbocycles. The summed E-state index contributed by atoms with van der Waals surface area (Å²) in [5, 5.41) is 8.40. The SMILES string of the molecule is CN=C/C(=C(/C)N)c1cc(F)cc(C2(NC(=O)c3ccccc3CNC(=O)C=O)CC2)c1.CNCC#Cc1ncccc1OC. The molecule has 1 aliphatic carbocycles. The second-order valence-electron chi connectivity index (χ2n) is 10.1. The average molecular weight is 613 g/mol. The number of aliphatic imine (C=N–C) groups is 1. The first-order chi connectivity index (χ1) is 21.7. The number of carbonyl (C=O) groups is 3. The van der Waals surface area contributed by atoms with Crippen molar-refractivity contribution in [3.8, 4) is 17.6 Å². The molecule has 10 nitrogen and oxygen atoms in total. The molecule has 0 atom stereocenters. The second kappa shape index (κ2) is 16.5. The molecule has 11 heteroatoms. The van der Waals surface area contributed by atoms with Crippen molar-refractivity contribution in [1.82, 2.24) is 20.9 Å². The van der Waals surface area contributed by atoms with Crippen molar-refractivity contribution in [2.75, 3.05) is 27.7 Å². The standard InChI is InChI=1S/C24H25FN4O3.C10H12N2O/c1-15(26)21(13-27-2)17-9-18(11-19(25)10-17)24(7-8-24)29-23(32)20-6-4-3-5-16(20)12-28-22(31)14-30;1-11-7-3-5-9-10(13-2)6-4-8-12-9/h3-6,9-11,13-14H,7-8,12,26H2,1-2H3,(H,28,31)(H,29,32);4,6,8,11H,7H2,1-2H3/b21-15+,27-13?;. The molecule has 4 rings (SSSR count). The van der Waals surface area contributed by atoms with Crippen LogP contribution >= 0.6 is 0 Å². The largest absolute Gasteiger partial charge is 0.494 e. The summed E-state index contributed by atoms with van der Waals surface area (Å²) in [4.78, 5) is 43.0. The van der Waals surface area contributed by atoms with Gasteiger partial charge in [-0.2, -0.15) is 0 Å². The number of allylic oxidation sites excluding steroid dienone is 2. The lowest BCUT2D eigenvalue weighted by Crippen LogP contribution is -2.36. The van der Waals surface area contributed by atoms with E-state index >= 15 is 0 Å². The van der Waals surface area contributed by atoms with Gasteiger partial charge in [0.25, 0.3) is 11.8 Å². The van der Waals surface area contributed by atoms with E-state index in [9.17, 15) is 18.8 Å². The summed E-state index contributed by atoms with van der Waals surface area (Å²) >= 11 is 0. The van der Waals surface area contributed by atoms with E-state index in [0.717, 1.165) is 0 Å². The molecular weight excluding hydrogens is 575 g/mol. The van der Waals surface area contributed by atoms with E-state index in [4.69, 9.17) is 10.5 Å². The number of amides is 2. The minimum Gasteiger partial charge on any atom is -0.494 e. The zero-order valence-corrected chi connectivity index (χ0v) is 25.7. The fraction of sp³-hybridized carbons (Fsp3) is 0.265. The minimum absolute atomic E-state index is 0.0402. The van der Waals surface area contributed by atoms with E-state index in [0.29, 0.717) is 64.4 Å². The Hall–Kier alpha value is -5.34. The summed E-state index contributed by atoms with van der Waals surface area (Å²) in [5.74, 6) is 5.02. The van der Waals surface area contributed by atoms with Crippen LogP contribution in [0.2, 0.25) is 0 Å². The summed E-state index contributed by atoms with van der Waals surface area (Å²) in [6.07, 6.45) is 4.78. The molecular formula is C34H37FN6O4. The Morgan fingerprint density at radius 3 is 2.58 bits per heavy atom. The topological polar surface area (TPSA) is 148 Å². The van der Waals surface area contributed by atoms with E-state index in [2.05, 4.69) is 37.8 Å². The zero-order chi connectivity index (χ0) is 32.8. The number of hydrogen-bond acceptors (Lipinski definition) is 8. The molecule has 0 radical (unpaired) electrons. The Balaban J connectivity index is 0.000000355. The van der Waals surface area contributed by atoms with Gasteiger partial charge in [0.05, 0.1) is 19.2 Å². The first-order valence-electron chi connectivity index (χ1n) is 14.1. The molecule has 0 unspecified atom stereocenters. The number of aldehydes is 1. The molecule has 0 spiro atoms. The molecule has 1 saturated carbocycles. The van der Waals surface area contributed by atoms with Gasteiger partial charge in [-0.3, -0.25) is 19.4 Å². The van der Waals surface area contributed by atoms with Crippen molar-refractivity contribution in [1.29, 1.82) is 0 Å². The van der Waals surface area contributed by atoms with Crippen LogP contribution in [0.4, 0.5) is 4.39 Å². The monoisotopic (exact) mass is 612 g/mol. The highest BCUT2D eigenvalue weighted by Gasteiger charge is 2.46. The van der Waals surface area contributed by atoms with Crippen molar-refractivity contribution < 1.29 is 23.5 Å². The number of aromatic nitrogens is 1. The maximum Gasteiger partial charge on any atom is 0.284 e. The van der Waals surface area contributed by atoms with Crippen LogP contribution in [0.1, 0.15) is 52.5 Å². The average Bonchev–Trinajstić information content (AvgIpc) is 3.83. The molecule has 5 N–H and O–H groups in total. The Bertz CT molecular complexity index is 1650. The Labute approximate surface area is 262 Å². The maximum atomic E-state index is 14.5. The third kappa shape index (κ3) is 9.58. The third-order valence-electron chi connectivity index (χ3n) is 6.83. The molecule has 234 valence electrons. The summed E-state index contributed by atoms with van der Waals surface area (Å²) in [7, 11) is 5.07. The lowest BCUT2D eigenvalue weighted by Gasteiger charge is -2.20. The van der Waals surface area contributed by atoms with Gasteiger partial charge in [-0.25, -0.2) is 9.37 Å². The van der Waals surface area contributed by atoms with Gasteiger partial charge in [-0.05, 0) is 85.8 Å². The number of hydrogen-bond donors (Lipinski definition) is 4. The highest BCUT2D eigenvalue weighted by molar-refractivity contribution is 6.23. The number of nitrogens with one attached hydrogen (secondary N) is 3. The molecule has 3 aromatic rings. The summed E-state index contributed by atoms with van der Waals surface area (Å²) < 4.78 is 19.6. The summed E-state index contributed by atoms with van der Waals surface area (Å²) in [5.41, 5.74) is 9.25. The number of rotatable bonds is 10. The van der Waals surface area contributed by atoms with Gasteiger partial charge in [0.1, 0.15) is 5.82 Å². The molecule has 0 saturated heterocycles. The molecule has 0 bridgehead atoms. The molecule has 1 aromatic heterocycles. The van der Waals surface area contributed by atoms with Crippen molar-refractivity contribution in [2.24, 2.45) is 10.7 Å². The number of halogens is 1. The Morgan fingerprint density at radius 2 is 1.93 bits per heavy atom. The number of ether oxygens (including phenoxy) is 1. The van der Waals surface area contributed by atoms with Crippen LogP contribution < -0.4 is 26.4 Å². The van der Waals surface area contributed by atoms with Gasteiger partial charge in [-0.1, -0.05) is 24.1 Å². The Morgan fingerprint density at radius 1 is 1.18 bits per heavy atom. The van der Waals surface area contributed by atoms with Gasteiger partial charge in [0, 0.05) is 42.8 Å². The van der Waals surface area contributed by atoms with Crippen LogP contribution in [0, 0.1) is 17.7 Å². The third-order valence-corrected chi connectivity index (χ3v) is 6.83. The highest BCUT2D eigenvalue weighted by atomic mass is 19.1. The zero-order valence-electron chi connectivity index (χ0n) is 25.7. The lowest BCUT2D eigenvalue weighted by molar-refractivity contribution is -0.131. The van der Waals surface area contributed by atoms with E-state index in [1.54, 1.807) is 57.8 Å². The van der Waals surface area contributed by atoms with Gasteiger partial charge in [0.15, 0.2) is 11.4 Å². The quantitative estimate of drug-likeness (QED) is 0.119. The maximum absolute atomic E-state index is 14.5. The molecule has 1 heterocycles. The van der Waals surface area contributed by atoms with E-state index in [1.807, 2.05) is 25.2 Å². The second-order valence-corrected chi connectivity index (χ2v) is 10.1. The normalized spacial score (nSPS) is 13.3. The number of methoxy groups -OCH3 is 1. The molecule has 2 amide bonds. The van der Waals surface area contributed by atoms with Gasteiger partial charge in [-0.15, -0.1) is 0 Å². The predicted molar refractivity (Wildman–Crippen MR) is 172 cm³/mol. The van der Waals surface area contributed by atoms with Crippen molar-refractivity contribution in [2.45, 2.75) is 31.8 Å². The van der Waals surface area contributed by atoms with Gasteiger partial charge >= 0.3 is 0 Å². The smallest absolute Gasteiger partial charge is 0.284 e. The first-order valence-corrected chi connectivity index (χ1v) is 14.1. The summed E-state index contributed by atoms with van der Waals surface area (Å²) in [6.45, 7) is 2.41. The fourth-order valence-corrected chi connectivity index (χ4v) is 4.44. The lowest BCUT2D eigenvalue weighted by atomic mass is 9.96. The molecule has 1 fully saturated rings. The first kappa shape index (κ1) is 34.2. The van der Waals surface area contributed by atoms with Crippen LogP contribution in [0.5, 0.6) is 5.75 Å². The minimum atomic E-state index is -0.763. The number of nitrogens with zero attached hydrogens (tertiary/aromatic N) is 2. The van der Waals surface area contributed by atoms with Crippen LogP contribution in [0.25, 0.3) is 5.57 Å². The summed E-state index contributed by atoms with van der Waals surface area (Å²) in [6, 6.07) is 15.1. The number of pyridine rings is 1. The van der Waals surface area contributed by atoms with E-state index in [-0.39, 0.29) is 18.7 Å². The molecule has 45 heavy (non-hydrogen) atoms. The van der Waals surface area contributed by atoms with Crippen molar-refractivity contribution >= 4 is 29.9 Å². The molecule has 1 aliphatic rings. The highest BCUT2D eigenvalue weighted by Crippen LogP contribution is 2.46. The number of carbonyl (C=O) groups excluding carboxylic acids is 3. The van der Waals surface area contributed by atoms with E-state index < -0.39 is 17.3 Å². The van der Waals surface area contributed by atoms with E-state index in [1.165, 1.54) is 12.1 Å². The van der Waals surface area contributed by atoms with Crippen LogP contribution in [-0.2, 0) is 21.7 Å². The predicted octanol–water partition coefficient (Wildman–Crippen LogP) is 3.11. The van der Waals surface area contributed by atoms with Crippen molar-refractivity contribution in [3.05, 3.63) is 100 Å². The van der Waals surface area contributed by atoms with Crippen LogP contribution in [0.3, 0.4) is 0 Å². The fourth-order valence-electron chi connectivity index (χ4n) is 4.44. The number of benzene rings is 2. The van der Waals surface area contributed by atoms with Gasteiger partial charge in [0.2, 0.25) is 6.29 Å². The van der Waals surface area contributed by atoms with Crippen LogP contribution in [0.15, 0.2) is 71.5 Å². The Kier molecular flexibility index (Phi) is 12.5. The van der Waals surface area contributed by atoms with Crippen molar-refractivity contribution in [3.63, 3.8) is 0 Å². The number of nitrogens with two attached hydrogens (primary N) is 1. The van der Waals surface area contributed by atoms with Gasteiger partial charge < -0.3 is 26.4 Å². The molecule has 0 aliphatic heterocycles.